The summed E-state index contributed by atoms with van der Waals surface area (Å²) in [6, 6.07) is 7.57. The number of hydrogen-bond acceptors (Lipinski definition) is 6. The van der Waals surface area contributed by atoms with Crippen LogP contribution in [0.3, 0.4) is 0 Å². The van der Waals surface area contributed by atoms with Crippen LogP contribution in [0.2, 0.25) is 30.7 Å². The van der Waals surface area contributed by atoms with E-state index in [2.05, 4.69) is 19.6 Å². The molecule has 2 aromatic heterocycles. The van der Waals surface area contributed by atoms with E-state index in [4.69, 9.17) is 36.6 Å². The van der Waals surface area contributed by atoms with Gasteiger partial charge in [-0.3, -0.25) is 9.36 Å². The van der Waals surface area contributed by atoms with Gasteiger partial charge < -0.3 is 19.9 Å². The molecule has 1 atom stereocenters. The Hall–Kier alpha value is -2.92. The molecule has 1 aliphatic carbocycles. The van der Waals surface area contributed by atoms with E-state index in [9.17, 15) is 4.79 Å². The van der Waals surface area contributed by atoms with Crippen molar-refractivity contribution in [2.45, 2.75) is 83.3 Å². The summed E-state index contributed by atoms with van der Waals surface area (Å²) in [6.45, 7) is 7.94. The van der Waals surface area contributed by atoms with Gasteiger partial charge in [0, 0.05) is 49.9 Å². The lowest BCUT2D eigenvalue weighted by atomic mass is 9.95. The lowest BCUT2D eigenvalue weighted by Gasteiger charge is -2.27. The molecule has 1 saturated heterocycles. The maximum atomic E-state index is 15.5. The predicted octanol–water partition coefficient (Wildman–Crippen LogP) is 7.34. The topological polar surface area (TPSA) is 93.5 Å². The van der Waals surface area contributed by atoms with Crippen molar-refractivity contribution in [2.24, 2.45) is 0 Å². The Morgan fingerprint density at radius 3 is 2.64 bits per heavy atom. The van der Waals surface area contributed by atoms with Crippen LogP contribution < -0.4 is 16.0 Å². The first-order valence-corrected chi connectivity index (χ1v) is 18.9. The maximum absolute atomic E-state index is 15.5. The summed E-state index contributed by atoms with van der Waals surface area (Å²) in [7, 11) is -1.34. The Balaban J connectivity index is 1.52. The molecule has 1 unspecified atom stereocenters. The lowest BCUT2D eigenvalue weighted by Crippen LogP contribution is -2.28. The normalized spacial score (nSPS) is 18.1. The van der Waals surface area contributed by atoms with Crippen LogP contribution in [0.15, 0.2) is 35.3 Å². The Morgan fingerprint density at radius 2 is 1.95 bits per heavy atom. The molecule has 11 heteroatoms. The standard InChI is InChI=1S/C31H38ClFN4O4Si/c1-42(2,3)14-13-39-18-36-25-16-24(33)26(41-19-7-6-8-19)15-21(25)28(29(34)31(36)38)20-10-11-23(32)30-22(20)17-37(35-30)27-9-4-5-12-40-27/h10-11,15-17,19,27H,4-9,12-14,18,34H2,1-3H3. The van der Waals surface area contributed by atoms with Crippen LogP contribution in [0.25, 0.3) is 32.9 Å². The molecule has 1 aliphatic heterocycles. The molecule has 0 spiro atoms. The van der Waals surface area contributed by atoms with Crippen LogP contribution in [0.1, 0.15) is 44.8 Å². The van der Waals surface area contributed by atoms with E-state index in [1.165, 1.54) is 10.6 Å². The largest absolute Gasteiger partial charge is 0.487 e. The molecule has 0 amide bonds. The number of pyridine rings is 1. The quantitative estimate of drug-likeness (QED) is 0.157. The summed E-state index contributed by atoms with van der Waals surface area (Å²) < 4.78 is 36.7. The Kier molecular flexibility index (Phi) is 8.08. The van der Waals surface area contributed by atoms with Gasteiger partial charge in [0.2, 0.25) is 0 Å². The first-order valence-electron chi connectivity index (χ1n) is 14.8. The fraction of sp³-hybridized carbons (Fsp3) is 0.484. The van der Waals surface area contributed by atoms with Crippen molar-refractivity contribution in [2.75, 3.05) is 18.9 Å². The second-order valence-electron chi connectivity index (χ2n) is 12.6. The lowest BCUT2D eigenvalue weighted by molar-refractivity contribution is -0.0390. The van der Waals surface area contributed by atoms with Crippen molar-refractivity contribution < 1.29 is 18.6 Å². The third-order valence-corrected chi connectivity index (χ3v) is 10.3. The Bertz CT molecular complexity index is 1690. The highest BCUT2D eigenvalue weighted by Gasteiger charge is 2.26. The molecule has 1 saturated carbocycles. The van der Waals surface area contributed by atoms with E-state index in [-0.39, 0.29) is 30.5 Å². The van der Waals surface area contributed by atoms with Gasteiger partial charge in [0.15, 0.2) is 11.6 Å². The smallest absolute Gasteiger partial charge is 0.276 e. The highest BCUT2D eigenvalue weighted by molar-refractivity contribution is 6.76. The molecule has 224 valence electrons. The van der Waals surface area contributed by atoms with Crippen LogP contribution in [0, 0.1) is 5.82 Å². The summed E-state index contributed by atoms with van der Waals surface area (Å²) in [6.07, 6.45) is 7.43. The number of rotatable bonds is 9. The number of fused-ring (bicyclic) bond motifs is 2. The van der Waals surface area contributed by atoms with E-state index in [0.29, 0.717) is 45.8 Å². The number of anilines is 1. The molecule has 2 fully saturated rings. The average Bonchev–Trinajstić information content (AvgIpc) is 3.39. The number of nitrogens with two attached hydrogens (primary N) is 1. The molecule has 3 heterocycles. The molecule has 2 aromatic carbocycles. The highest BCUT2D eigenvalue weighted by atomic mass is 35.5. The highest BCUT2D eigenvalue weighted by Crippen LogP contribution is 2.41. The SMILES string of the molecule is C[Si](C)(C)CCOCn1c(=O)c(N)c(-c2ccc(Cl)c3nn(C4CCCCO4)cc23)c2cc(OC3CCC3)c(F)cc21. The van der Waals surface area contributed by atoms with Crippen molar-refractivity contribution in [1.29, 1.82) is 0 Å². The van der Waals surface area contributed by atoms with Crippen molar-refractivity contribution >= 4 is 47.2 Å². The van der Waals surface area contributed by atoms with Gasteiger partial charge in [0.05, 0.1) is 16.6 Å². The van der Waals surface area contributed by atoms with Crippen molar-refractivity contribution in [3.63, 3.8) is 0 Å². The van der Waals surface area contributed by atoms with Crippen LogP contribution in [-0.2, 0) is 16.2 Å². The monoisotopic (exact) mass is 612 g/mol. The van der Waals surface area contributed by atoms with E-state index in [1.54, 1.807) is 16.8 Å². The van der Waals surface area contributed by atoms with E-state index < -0.39 is 19.5 Å². The first-order chi connectivity index (χ1) is 20.1. The van der Waals surface area contributed by atoms with Crippen molar-refractivity contribution in [3.8, 4) is 16.9 Å². The van der Waals surface area contributed by atoms with Gasteiger partial charge in [-0.25, -0.2) is 9.07 Å². The minimum atomic E-state index is -1.34. The number of nitrogen functional groups attached to an aromatic ring is 1. The van der Waals surface area contributed by atoms with E-state index >= 15 is 4.39 Å². The Labute approximate surface area is 250 Å². The van der Waals surface area contributed by atoms with E-state index in [0.717, 1.165) is 50.0 Å². The van der Waals surface area contributed by atoms with Crippen LogP contribution in [-0.4, -0.2) is 41.7 Å². The van der Waals surface area contributed by atoms with Gasteiger partial charge in [-0.05, 0) is 62.3 Å². The maximum Gasteiger partial charge on any atom is 0.276 e. The number of halogens is 2. The summed E-state index contributed by atoms with van der Waals surface area (Å²) in [5, 5.41) is 6.58. The average molecular weight is 613 g/mol. The van der Waals surface area contributed by atoms with Gasteiger partial charge in [0.25, 0.3) is 5.56 Å². The van der Waals surface area contributed by atoms with Crippen LogP contribution >= 0.6 is 11.6 Å². The van der Waals surface area contributed by atoms with Crippen LogP contribution in [0.4, 0.5) is 10.1 Å². The van der Waals surface area contributed by atoms with E-state index in [1.807, 2.05) is 12.3 Å². The summed E-state index contributed by atoms with van der Waals surface area (Å²) in [5.41, 5.74) is 8.42. The minimum Gasteiger partial charge on any atom is -0.487 e. The first kappa shape index (κ1) is 29.2. The van der Waals surface area contributed by atoms with Gasteiger partial charge in [-0.2, -0.15) is 5.10 Å². The number of nitrogens with zero attached hydrogens (tertiary/aromatic N) is 3. The number of hydrogen-bond donors (Lipinski definition) is 1. The molecule has 2 aliphatic rings. The zero-order valence-corrected chi connectivity index (χ0v) is 26.2. The fourth-order valence-electron chi connectivity index (χ4n) is 5.57. The van der Waals surface area contributed by atoms with Gasteiger partial charge in [0.1, 0.15) is 24.2 Å². The number of benzene rings is 2. The van der Waals surface area contributed by atoms with Crippen molar-refractivity contribution in [3.05, 3.63) is 51.7 Å². The predicted molar refractivity (Wildman–Crippen MR) is 168 cm³/mol. The third-order valence-electron chi connectivity index (χ3n) is 8.28. The molecule has 42 heavy (non-hydrogen) atoms. The minimum absolute atomic E-state index is 0.0236. The molecule has 0 bridgehead atoms. The number of aromatic nitrogens is 3. The summed E-state index contributed by atoms with van der Waals surface area (Å²) >= 11 is 6.61. The summed E-state index contributed by atoms with van der Waals surface area (Å²) in [5.74, 6) is -0.377. The zero-order valence-electron chi connectivity index (χ0n) is 24.4. The molecule has 4 aromatic rings. The second-order valence-corrected chi connectivity index (χ2v) is 18.7. The molecule has 8 nitrogen and oxygen atoms in total. The molecular formula is C31H38ClFN4O4Si. The van der Waals surface area contributed by atoms with Crippen LogP contribution in [0.5, 0.6) is 5.75 Å². The fourth-order valence-corrected chi connectivity index (χ4v) is 6.53. The second kappa shape index (κ2) is 11.6. The van der Waals surface area contributed by atoms with Gasteiger partial charge >= 0.3 is 0 Å². The third kappa shape index (κ3) is 5.69. The molecule has 6 rings (SSSR count). The number of ether oxygens (including phenoxy) is 3. The van der Waals surface area contributed by atoms with Crippen molar-refractivity contribution in [1.82, 2.24) is 14.3 Å². The molecule has 2 N–H and O–H groups in total. The zero-order chi connectivity index (χ0) is 29.6. The summed E-state index contributed by atoms with van der Waals surface area (Å²) in [4.78, 5) is 13.8. The Morgan fingerprint density at radius 1 is 1.14 bits per heavy atom. The molecule has 0 radical (unpaired) electrons. The van der Waals surface area contributed by atoms with Gasteiger partial charge in [-0.1, -0.05) is 37.3 Å². The van der Waals surface area contributed by atoms with Gasteiger partial charge in [-0.15, -0.1) is 0 Å². The molecular weight excluding hydrogens is 575 g/mol.